The summed E-state index contributed by atoms with van der Waals surface area (Å²) in [5, 5.41) is 0. The summed E-state index contributed by atoms with van der Waals surface area (Å²) in [4.78, 5) is 0. The van der Waals surface area contributed by atoms with Gasteiger partial charge in [0.25, 0.3) is 0 Å². The lowest BCUT2D eigenvalue weighted by atomic mass is 9.51. The van der Waals surface area contributed by atoms with Gasteiger partial charge in [0.05, 0.1) is 0 Å². The second-order valence-corrected chi connectivity index (χ2v) is 7.27. The molecule has 0 spiro atoms. The highest BCUT2D eigenvalue weighted by atomic mass is 14.6. The van der Waals surface area contributed by atoms with Crippen molar-refractivity contribution in [3.8, 4) is 0 Å². The van der Waals surface area contributed by atoms with Gasteiger partial charge in [-0.2, -0.15) is 0 Å². The Morgan fingerprint density at radius 1 is 1.00 bits per heavy atom. The summed E-state index contributed by atoms with van der Waals surface area (Å²) in [5.41, 5.74) is 10.1. The van der Waals surface area contributed by atoms with Crippen LogP contribution in [0.3, 0.4) is 0 Å². The highest BCUT2D eigenvalue weighted by molar-refractivity contribution is 5.50. The van der Waals surface area contributed by atoms with E-state index in [2.05, 4.69) is 25.1 Å². The van der Waals surface area contributed by atoms with Crippen molar-refractivity contribution >= 4 is 5.69 Å². The lowest BCUT2D eigenvalue weighted by Crippen LogP contribution is -2.43. The molecule has 0 aromatic heterocycles. The smallest absolute Gasteiger partial charge is 0.0349 e. The van der Waals surface area contributed by atoms with E-state index in [1.54, 1.807) is 5.56 Å². The molecular weight excluding hydrogens is 230 g/mol. The minimum Gasteiger partial charge on any atom is -0.398 e. The third-order valence-corrected chi connectivity index (χ3v) is 6.16. The van der Waals surface area contributed by atoms with Gasteiger partial charge in [0.2, 0.25) is 0 Å². The molecule has 0 radical (unpaired) electrons. The molecule has 0 heterocycles. The molecule has 4 aliphatic rings. The van der Waals surface area contributed by atoms with Gasteiger partial charge in [0.1, 0.15) is 0 Å². The van der Waals surface area contributed by atoms with E-state index >= 15 is 0 Å². The van der Waals surface area contributed by atoms with E-state index in [1.165, 1.54) is 37.7 Å². The molecule has 0 saturated heterocycles. The summed E-state index contributed by atoms with van der Waals surface area (Å²) >= 11 is 0. The van der Waals surface area contributed by atoms with E-state index in [4.69, 9.17) is 5.73 Å². The Kier molecular flexibility index (Phi) is 2.65. The first-order chi connectivity index (χ1) is 9.24. The molecule has 1 aromatic rings. The number of aryl methyl sites for hydroxylation is 1. The predicted octanol–water partition coefficient (Wildman–Crippen LogP) is 4.37. The number of rotatable bonds is 2. The van der Waals surface area contributed by atoms with Crippen molar-refractivity contribution in [1.82, 2.24) is 0 Å². The van der Waals surface area contributed by atoms with Crippen LogP contribution in [-0.4, -0.2) is 0 Å². The maximum Gasteiger partial charge on any atom is 0.0349 e. The third kappa shape index (κ3) is 1.81. The molecule has 1 aromatic carbocycles. The van der Waals surface area contributed by atoms with Gasteiger partial charge >= 0.3 is 0 Å². The molecule has 4 aliphatic carbocycles. The monoisotopic (exact) mass is 255 g/mol. The van der Waals surface area contributed by atoms with E-state index < -0.39 is 0 Å². The van der Waals surface area contributed by atoms with E-state index in [0.29, 0.717) is 0 Å². The van der Waals surface area contributed by atoms with Crippen LogP contribution in [0, 0.1) is 23.7 Å². The van der Waals surface area contributed by atoms with Crippen LogP contribution >= 0.6 is 0 Å². The molecule has 0 amide bonds. The van der Waals surface area contributed by atoms with Crippen molar-refractivity contribution in [2.75, 3.05) is 5.73 Å². The van der Waals surface area contributed by atoms with Gasteiger partial charge in [-0.15, -0.1) is 0 Å². The molecule has 4 saturated carbocycles. The zero-order valence-corrected chi connectivity index (χ0v) is 11.9. The number of hydrogen-bond donors (Lipinski definition) is 1. The van der Waals surface area contributed by atoms with Crippen molar-refractivity contribution in [3.63, 3.8) is 0 Å². The molecule has 1 nitrogen and oxygen atoms in total. The van der Waals surface area contributed by atoms with Crippen LogP contribution in [-0.2, 0) is 6.42 Å². The molecule has 0 atom stereocenters. The van der Waals surface area contributed by atoms with E-state index in [0.717, 1.165) is 41.7 Å². The molecule has 4 bridgehead atoms. The zero-order valence-electron chi connectivity index (χ0n) is 11.9. The molecule has 0 unspecified atom stereocenters. The molecule has 2 N–H and O–H groups in total. The van der Waals surface area contributed by atoms with Crippen LogP contribution in [0.4, 0.5) is 5.69 Å². The molecule has 102 valence electrons. The Hall–Kier alpha value is -0.980. The molecular formula is C18H25N. The fourth-order valence-corrected chi connectivity index (χ4v) is 5.61. The lowest BCUT2D eigenvalue weighted by molar-refractivity contribution is -0.00276. The number of hydrogen-bond acceptors (Lipinski definition) is 1. The SMILES string of the molecule is CCc1ccc(C2C3CC4CC(C3)CC2C4)cc1N. The number of anilines is 1. The van der Waals surface area contributed by atoms with Crippen molar-refractivity contribution < 1.29 is 0 Å². The zero-order chi connectivity index (χ0) is 13.0. The fraction of sp³-hybridized carbons (Fsp3) is 0.667. The minimum absolute atomic E-state index is 0.820. The number of nitrogen functional groups attached to an aromatic ring is 1. The van der Waals surface area contributed by atoms with Crippen molar-refractivity contribution in [2.45, 2.75) is 51.4 Å². The van der Waals surface area contributed by atoms with Gasteiger partial charge in [-0.3, -0.25) is 0 Å². The molecule has 0 aliphatic heterocycles. The third-order valence-electron chi connectivity index (χ3n) is 6.16. The van der Waals surface area contributed by atoms with Crippen molar-refractivity contribution in [3.05, 3.63) is 29.3 Å². The lowest BCUT2D eigenvalue weighted by Gasteiger charge is -2.54. The Bertz CT molecular complexity index is 462. The quantitative estimate of drug-likeness (QED) is 0.780. The maximum atomic E-state index is 6.22. The van der Waals surface area contributed by atoms with Crippen LogP contribution in [0.15, 0.2) is 18.2 Å². The van der Waals surface area contributed by atoms with E-state index in [-0.39, 0.29) is 0 Å². The van der Waals surface area contributed by atoms with Crippen LogP contribution in [0.25, 0.3) is 0 Å². The summed E-state index contributed by atoms with van der Waals surface area (Å²) in [6, 6.07) is 6.95. The average molecular weight is 255 g/mol. The second-order valence-electron chi connectivity index (χ2n) is 7.27. The topological polar surface area (TPSA) is 26.0 Å². The first-order valence-electron chi connectivity index (χ1n) is 8.13. The highest BCUT2D eigenvalue weighted by Gasteiger charge is 2.48. The van der Waals surface area contributed by atoms with Crippen molar-refractivity contribution in [1.29, 1.82) is 0 Å². The predicted molar refractivity (Wildman–Crippen MR) is 80.0 cm³/mol. The first kappa shape index (κ1) is 11.8. The summed E-state index contributed by atoms with van der Waals surface area (Å²) in [6.45, 7) is 2.19. The standard InChI is InChI=1S/C18H25N/c1-2-13-3-4-14(10-17(13)19)18-15-6-11-5-12(8-15)9-16(18)7-11/h3-4,10-12,15-16,18H,2,5-9,19H2,1H3. The Morgan fingerprint density at radius 2 is 1.63 bits per heavy atom. The van der Waals surface area contributed by atoms with Crippen LogP contribution in [0.2, 0.25) is 0 Å². The van der Waals surface area contributed by atoms with Gasteiger partial charge in [-0.05, 0) is 85.3 Å². The average Bonchev–Trinajstić information content (AvgIpc) is 2.37. The van der Waals surface area contributed by atoms with Crippen LogP contribution in [0.1, 0.15) is 56.1 Å². The molecule has 1 heteroatoms. The number of benzene rings is 1. The van der Waals surface area contributed by atoms with Gasteiger partial charge in [0.15, 0.2) is 0 Å². The Morgan fingerprint density at radius 3 is 2.16 bits per heavy atom. The summed E-state index contributed by atoms with van der Waals surface area (Å²) in [7, 11) is 0. The summed E-state index contributed by atoms with van der Waals surface area (Å²) in [5.74, 6) is 4.87. The van der Waals surface area contributed by atoms with E-state index in [1.807, 2.05) is 0 Å². The Balaban J connectivity index is 1.67. The fourth-order valence-electron chi connectivity index (χ4n) is 5.61. The van der Waals surface area contributed by atoms with Crippen molar-refractivity contribution in [2.24, 2.45) is 23.7 Å². The summed E-state index contributed by atoms with van der Waals surface area (Å²) < 4.78 is 0. The minimum atomic E-state index is 0.820. The maximum absolute atomic E-state index is 6.22. The van der Waals surface area contributed by atoms with Gasteiger partial charge in [-0.25, -0.2) is 0 Å². The van der Waals surface area contributed by atoms with Gasteiger partial charge in [-0.1, -0.05) is 19.1 Å². The highest BCUT2D eigenvalue weighted by Crippen LogP contribution is 2.59. The molecule has 4 fully saturated rings. The van der Waals surface area contributed by atoms with E-state index in [9.17, 15) is 0 Å². The largest absolute Gasteiger partial charge is 0.398 e. The molecule has 5 rings (SSSR count). The van der Waals surface area contributed by atoms with Gasteiger partial charge < -0.3 is 5.73 Å². The number of nitrogens with two attached hydrogens (primary N) is 1. The van der Waals surface area contributed by atoms with Crippen LogP contribution in [0.5, 0.6) is 0 Å². The first-order valence-corrected chi connectivity index (χ1v) is 8.13. The van der Waals surface area contributed by atoms with Gasteiger partial charge in [0, 0.05) is 5.69 Å². The van der Waals surface area contributed by atoms with Crippen LogP contribution < -0.4 is 5.73 Å². The Labute approximate surface area is 116 Å². The normalized spacial score (nSPS) is 39.7. The molecule has 19 heavy (non-hydrogen) atoms. The second kappa shape index (κ2) is 4.26. The summed E-state index contributed by atoms with van der Waals surface area (Å²) in [6.07, 6.45) is 8.56.